The van der Waals surface area contributed by atoms with E-state index in [1.807, 2.05) is 37.3 Å². The van der Waals surface area contributed by atoms with Gasteiger partial charge in [-0.15, -0.1) is 0 Å². The minimum Gasteiger partial charge on any atom is -0.477 e. The summed E-state index contributed by atoms with van der Waals surface area (Å²) in [4.78, 5) is 22.4. The Balaban J connectivity index is 1.96. The Morgan fingerprint density at radius 3 is 2.61 bits per heavy atom. The highest BCUT2D eigenvalue weighted by atomic mass is 16.6. The fourth-order valence-electron chi connectivity index (χ4n) is 2.14. The number of nitrogens with zero attached hydrogens (tertiary/aromatic N) is 1. The predicted molar refractivity (Wildman–Crippen MR) is 86.3 cm³/mol. The molecule has 0 saturated heterocycles. The molecule has 6 heteroatoms. The Labute approximate surface area is 134 Å². The molecule has 0 aliphatic heterocycles. The van der Waals surface area contributed by atoms with Crippen LogP contribution in [0.2, 0.25) is 0 Å². The van der Waals surface area contributed by atoms with E-state index < -0.39 is 4.92 Å². The summed E-state index contributed by atoms with van der Waals surface area (Å²) in [7, 11) is 0. The lowest BCUT2D eigenvalue weighted by Gasteiger charge is -2.14. The second-order valence-electron chi connectivity index (χ2n) is 5.22. The summed E-state index contributed by atoms with van der Waals surface area (Å²) < 4.78 is 5.30. The molecule has 0 fully saturated rings. The highest BCUT2D eigenvalue weighted by Gasteiger charge is 2.17. The second kappa shape index (κ2) is 7.40. The topological polar surface area (TPSA) is 81.5 Å². The molecule has 0 radical (unpaired) electrons. The first kappa shape index (κ1) is 16.5. The van der Waals surface area contributed by atoms with Crippen LogP contribution in [-0.4, -0.2) is 17.4 Å². The van der Waals surface area contributed by atoms with Crippen LogP contribution >= 0.6 is 0 Å². The zero-order valence-corrected chi connectivity index (χ0v) is 13.0. The van der Waals surface area contributed by atoms with Crippen molar-refractivity contribution in [1.82, 2.24) is 5.32 Å². The lowest BCUT2D eigenvalue weighted by atomic mass is 10.1. The maximum Gasteiger partial charge on any atom is 0.311 e. The van der Waals surface area contributed by atoms with Gasteiger partial charge < -0.3 is 10.1 Å². The number of ether oxygens (including phenoxy) is 1. The maximum atomic E-state index is 11.9. The summed E-state index contributed by atoms with van der Waals surface area (Å²) >= 11 is 0. The molecule has 23 heavy (non-hydrogen) atoms. The number of aryl methyl sites for hydroxylation is 1. The molecule has 1 amide bonds. The first-order chi connectivity index (χ1) is 11.0. The van der Waals surface area contributed by atoms with Crippen LogP contribution in [0, 0.1) is 17.0 Å². The van der Waals surface area contributed by atoms with Gasteiger partial charge in [0.25, 0.3) is 5.91 Å². The van der Waals surface area contributed by atoms with Crippen molar-refractivity contribution in [1.29, 1.82) is 0 Å². The Hall–Kier alpha value is -2.89. The van der Waals surface area contributed by atoms with E-state index in [9.17, 15) is 14.9 Å². The highest BCUT2D eigenvalue weighted by Crippen LogP contribution is 2.27. The summed E-state index contributed by atoms with van der Waals surface area (Å²) in [6.45, 7) is 3.34. The quantitative estimate of drug-likeness (QED) is 0.656. The van der Waals surface area contributed by atoms with Crippen molar-refractivity contribution >= 4 is 11.6 Å². The van der Waals surface area contributed by atoms with Gasteiger partial charge in [0.1, 0.15) is 0 Å². The molecule has 0 aliphatic carbocycles. The van der Waals surface area contributed by atoms with Gasteiger partial charge in [-0.3, -0.25) is 14.9 Å². The van der Waals surface area contributed by atoms with Crippen molar-refractivity contribution < 1.29 is 14.5 Å². The number of rotatable bonds is 6. The van der Waals surface area contributed by atoms with Crippen LogP contribution in [0.4, 0.5) is 5.69 Å². The van der Waals surface area contributed by atoms with Gasteiger partial charge in [0, 0.05) is 6.07 Å². The van der Waals surface area contributed by atoms with E-state index in [1.165, 1.54) is 12.1 Å². The molecule has 0 heterocycles. The largest absolute Gasteiger partial charge is 0.477 e. The van der Waals surface area contributed by atoms with Crippen LogP contribution < -0.4 is 10.1 Å². The van der Waals surface area contributed by atoms with Gasteiger partial charge in [0.15, 0.2) is 12.4 Å². The van der Waals surface area contributed by atoms with Crippen molar-refractivity contribution in [3.05, 3.63) is 69.8 Å². The zero-order chi connectivity index (χ0) is 16.8. The first-order valence-electron chi connectivity index (χ1n) is 7.19. The third-order valence-electron chi connectivity index (χ3n) is 3.35. The van der Waals surface area contributed by atoms with Crippen LogP contribution in [0.5, 0.6) is 5.75 Å². The van der Waals surface area contributed by atoms with Gasteiger partial charge in [-0.25, -0.2) is 0 Å². The molecule has 2 rings (SSSR count). The van der Waals surface area contributed by atoms with Gasteiger partial charge in [-0.05, 0) is 31.0 Å². The van der Waals surface area contributed by atoms with E-state index >= 15 is 0 Å². The number of carbonyl (C=O) groups is 1. The predicted octanol–water partition coefficient (Wildman–Crippen LogP) is 3.16. The summed E-state index contributed by atoms with van der Waals surface area (Å²) in [5.41, 5.74) is 1.59. The van der Waals surface area contributed by atoms with Gasteiger partial charge in [-0.1, -0.05) is 36.4 Å². The van der Waals surface area contributed by atoms with Gasteiger partial charge in [0.05, 0.1) is 11.0 Å². The molecule has 1 N–H and O–H groups in total. The van der Waals surface area contributed by atoms with Crippen molar-refractivity contribution in [2.45, 2.75) is 19.9 Å². The number of amides is 1. The number of nitro benzene ring substituents is 1. The summed E-state index contributed by atoms with van der Waals surface area (Å²) in [5.74, 6) is -0.251. The van der Waals surface area contributed by atoms with Gasteiger partial charge in [-0.2, -0.15) is 0 Å². The zero-order valence-electron chi connectivity index (χ0n) is 13.0. The Morgan fingerprint density at radius 1 is 1.26 bits per heavy atom. The molecule has 0 saturated carbocycles. The Kier molecular flexibility index (Phi) is 5.30. The monoisotopic (exact) mass is 314 g/mol. The number of nitro groups is 1. The van der Waals surface area contributed by atoms with Crippen LogP contribution in [-0.2, 0) is 4.79 Å². The minimum atomic E-state index is -0.521. The highest BCUT2D eigenvalue weighted by molar-refractivity contribution is 5.78. The molecular weight excluding hydrogens is 296 g/mol. The number of hydrogen-bond acceptors (Lipinski definition) is 4. The summed E-state index contributed by atoms with van der Waals surface area (Å²) in [6, 6.07) is 14.0. The smallest absolute Gasteiger partial charge is 0.311 e. The standard InChI is InChI=1S/C17H18N2O4/c1-12-8-9-16(15(10-12)19(21)22)23-11-17(20)18-13(2)14-6-4-3-5-7-14/h3-10,13H,11H2,1-2H3,(H,18,20). The Morgan fingerprint density at radius 2 is 1.96 bits per heavy atom. The molecule has 0 aromatic heterocycles. The van der Waals surface area contributed by atoms with Gasteiger partial charge in [0.2, 0.25) is 0 Å². The third kappa shape index (κ3) is 4.54. The second-order valence-corrected chi connectivity index (χ2v) is 5.22. The van der Waals surface area contributed by atoms with Crippen molar-refractivity contribution in [3.63, 3.8) is 0 Å². The molecule has 2 aromatic carbocycles. The van der Waals surface area contributed by atoms with Crippen LogP contribution in [0.15, 0.2) is 48.5 Å². The van der Waals surface area contributed by atoms with E-state index in [-0.39, 0.29) is 30.0 Å². The van der Waals surface area contributed by atoms with Crippen molar-refractivity contribution in [3.8, 4) is 5.75 Å². The molecule has 120 valence electrons. The molecule has 0 aliphatic rings. The average Bonchev–Trinajstić information content (AvgIpc) is 2.54. The van der Waals surface area contributed by atoms with Crippen molar-refractivity contribution in [2.24, 2.45) is 0 Å². The van der Waals surface area contributed by atoms with E-state index in [0.29, 0.717) is 0 Å². The summed E-state index contributed by atoms with van der Waals surface area (Å²) in [5, 5.41) is 13.8. The minimum absolute atomic E-state index is 0.0862. The van der Waals surface area contributed by atoms with Crippen LogP contribution in [0.1, 0.15) is 24.1 Å². The fraction of sp³-hybridized carbons (Fsp3) is 0.235. The fourth-order valence-corrected chi connectivity index (χ4v) is 2.14. The first-order valence-corrected chi connectivity index (χ1v) is 7.19. The molecule has 0 bridgehead atoms. The SMILES string of the molecule is Cc1ccc(OCC(=O)NC(C)c2ccccc2)c([N+](=O)[O-])c1. The molecule has 6 nitrogen and oxygen atoms in total. The molecule has 2 aromatic rings. The molecular formula is C17H18N2O4. The van der Waals surface area contributed by atoms with Crippen LogP contribution in [0.25, 0.3) is 0 Å². The van der Waals surface area contributed by atoms with E-state index in [1.54, 1.807) is 13.0 Å². The molecule has 0 spiro atoms. The van der Waals surface area contributed by atoms with E-state index in [4.69, 9.17) is 4.74 Å². The van der Waals surface area contributed by atoms with Gasteiger partial charge >= 0.3 is 5.69 Å². The van der Waals surface area contributed by atoms with Crippen LogP contribution in [0.3, 0.4) is 0 Å². The molecule has 1 atom stereocenters. The molecule has 1 unspecified atom stereocenters. The average molecular weight is 314 g/mol. The maximum absolute atomic E-state index is 11.9. The lowest BCUT2D eigenvalue weighted by molar-refractivity contribution is -0.385. The third-order valence-corrected chi connectivity index (χ3v) is 3.35. The summed E-state index contributed by atoms with van der Waals surface area (Å²) in [6.07, 6.45) is 0. The number of nitrogens with one attached hydrogen (secondary N) is 1. The number of hydrogen-bond donors (Lipinski definition) is 1. The van der Waals surface area contributed by atoms with E-state index in [2.05, 4.69) is 5.32 Å². The number of carbonyl (C=O) groups excluding carboxylic acids is 1. The Bertz CT molecular complexity index is 701. The number of benzene rings is 2. The van der Waals surface area contributed by atoms with E-state index in [0.717, 1.165) is 11.1 Å². The van der Waals surface area contributed by atoms with Crippen molar-refractivity contribution in [2.75, 3.05) is 6.61 Å². The lowest BCUT2D eigenvalue weighted by Crippen LogP contribution is -2.31. The normalized spacial score (nSPS) is 11.6.